The Labute approximate surface area is 129 Å². The molecule has 1 amide bonds. The highest BCUT2D eigenvalue weighted by Crippen LogP contribution is 2.27. The van der Waals surface area contributed by atoms with Crippen LogP contribution in [0.1, 0.15) is 49.9 Å². The Kier molecular flexibility index (Phi) is 5.08. The zero-order valence-corrected chi connectivity index (χ0v) is 13.8. The number of carbonyl (C=O) groups is 1. The van der Waals surface area contributed by atoms with E-state index in [1.54, 1.807) is 6.07 Å². The van der Waals surface area contributed by atoms with Crippen molar-refractivity contribution in [3.05, 3.63) is 28.2 Å². The molecule has 0 aromatic heterocycles. The Morgan fingerprint density at radius 2 is 2.05 bits per heavy atom. The quantitative estimate of drug-likeness (QED) is 0.841. The van der Waals surface area contributed by atoms with Crippen LogP contribution in [0.15, 0.2) is 22.7 Å². The first-order valence-electron chi connectivity index (χ1n) is 7.35. The number of hydrogen-bond acceptors (Lipinski definition) is 2. The maximum Gasteiger partial charge on any atom is 0.254 e. The smallest absolute Gasteiger partial charge is 0.254 e. The summed E-state index contributed by atoms with van der Waals surface area (Å²) in [6.07, 6.45) is 4.74. The van der Waals surface area contributed by atoms with E-state index in [9.17, 15) is 4.79 Å². The van der Waals surface area contributed by atoms with Crippen molar-refractivity contribution in [2.45, 2.75) is 45.6 Å². The minimum Gasteiger partial charge on any atom is -0.398 e. The largest absolute Gasteiger partial charge is 0.398 e. The van der Waals surface area contributed by atoms with Gasteiger partial charge < -0.3 is 10.6 Å². The van der Waals surface area contributed by atoms with Gasteiger partial charge in [-0.3, -0.25) is 4.79 Å². The highest BCUT2D eigenvalue weighted by molar-refractivity contribution is 9.10. The van der Waals surface area contributed by atoms with Gasteiger partial charge in [0.2, 0.25) is 0 Å². The van der Waals surface area contributed by atoms with Crippen molar-refractivity contribution in [1.82, 2.24) is 4.90 Å². The lowest BCUT2D eigenvalue weighted by Crippen LogP contribution is -2.41. The molecule has 3 nitrogen and oxygen atoms in total. The summed E-state index contributed by atoms with van der Waals surface area (Å²) in [5.74, 6) is 0.614. The number of nitrogens with zero attached hydrogens (tertiary/aromatic N) is 1. The van der Waals surface area contributed by atoms with Gasteiger partial charge in [0.25, 0.3) is 5.91 Å². The molecule has 2 N–H and O–H groups in total. The summed E-state index contributed by atoms with van der Waals surface area (Å²) in [6.45, 7) is 5.15. The molecule has 1 aliphatic carbocycles. The van der Waals surface area contributed by atoms with Crippen molar-refractivity contribution in [1.29, 1.82) is 0 Å². The minimum absolute atomic E-state index is 0.131. The lowest BCUT2D eigenvalue weighted by atomic mass is 10.1. The molecule has 0 heterocycles. The first kappa shape index (κ1) is 15.4. The first-order chi connectivity index (χ1) is 9.49. The number of nitrogens with two attached hydrogens (primary N) is 1. The monoisotopic (exact) mass is 338 g/mol. The van der Waals surface area contributed by atoms with Gasteiger partial charge in [0.1, 0.15) is 0 Å². The van der Waals surface area contributed by atoms with Crippen LogP contribution in [0.3, 0.4) is 0 Å². The standard InChI is InChI=1S/C16H23BrN2O/c1-11(2)10-19(13-5-3-4-6-13)16(20)12-7-8-15(18)14(17)9-12/h7-9,11,13H,3-6,10,18H2,1-2H3. The topological polar surface area (TPSA) is 46.3 Å². The van der Waals surface area contributed by atoms with Crippen LogP contribution >= 0.6 is 15.9 Å². The predicted molar refractivity (Wildman–Crippen MR) is 86.7 cm³/mol. The van der Waals surface area contributed by atoms with Gasteiger partial charge in [-0.1, -0.05) is 26.7 Å². The number of hydrogen-bond donors (Lipinski definition) is 1. The summed E-state index contributed by atoms with van der Waals surface area (Å²) in [6, 6.07) is 5.85. The molecule has 1 saturated carbocycles. The van der Waals surface area contributed by atoms with E-state index in [1.165, 1.54) is 12.8 Å². The number of benzene rings is 1. The zero-order chi connectivity index (χ0) is 14.7. The summed E-state index contributed by atoms with van der Waals surface area (Å²) >= 11 is 3.40. The van der Waals surface area contributed by atoms with Crippen molar-refractivity contribution >= 4 is 27.5 Å². The van der Waals surface area contributed by atoms with Crippen molar-refractivity contribution in [2.24, 2.45) is 5.92 Å². The Morgan fingerprint density at radius 1 is 1.40 bits per heavy atom. The maximum atomic E-state index is 12.8. The molecule has 1 aromatic carbocycles. The van der Waals surface area contributed by atoms with Gasteiger partial charge >= 0.3 is 0 Å². The van der Waals surface area contributed by atoms with Gasteiger partial charge in [0, 0.05) is 28.3 Å². The summed E-state index contributed by atoms with van der Waals surface area (Å²) < 4.78 is 0.791. The summed E-state index contributed by atoms with van der Waals surface area (Å²) in [4.78, 5) is 14.9. The van der Waals surface area contributed by atoms with Gasteiger partial charge in [-0.25, -0.2) is 0 Å². The van der Waals surface area contributed by atoms with Gasteiger partial charge in [-0.2, -0.15) is 0 Å². The number of carbonyl (C=O) groups excluding carboxylic acids is 1. The highest BCUT2D eigenvalue weighted by Gasteiger charge is 2.28. The molecule has 1 aliphatic rings. The molecule has 0 spiro atoms. The molecule has 0 atom stereocenters. The Bertz CT molecular complexity index is 481. The first-order valence-corrected chi connectivity index (χ1v) is 8.14. The summed E-state index contributed by atoms with van der Waals surface area (Å²) in [5.41, 5.74) is 7.18. The fraction of sp³-hybridized carbons (Fsp3) is 0.562. The third kappa shape index (κ3) is 3.54. The molecule has 1 aromatic rings. The number of anilines is 1. The van der Waals surface area contributed by atoms with E-state index in [4.69, 9.17) is 5.73 Å². The van der Waals surface area contributed by atoms with Gasteiger partial charge in [-0.15, -0.1) is 0 Å². The SMILES string of the molecule is CC(C)CN(C(=O)c1ccc(N)c(Br)c1)C1CCCC1. The fourth-order valence-electron chi connectivity index (χ4n) is 2.83. The number of amides is 1. The minimum atomic E-state index is 0.131. The zero-order valence-electron chi connectivity index (χ0n) is 12.2. The van der Waals surface area contributed by atoms with Gasteiger partial charge in [-0.05, 0) is 52.9 Å². The van der Waals surface area contributed by atoms with E-state index < -0.39 is 0 Å². The Balaban J connectivity index is 2.22. The molecule has 4 heteroatoms. The molecule has 1 fully saturated rings. The van der Waals surface area contributed by atoms with E-state index in [2.05, 4.69) is 34.7 Å². The molecule has 0 aliphatic heterocycles. The van der Waals surface area contributed by atoms with Crippen LogP contribution in [0, 0.1) is 5.92 Å². The van der Waals surface area contributed by atoms with E-state index in [0.29, 0.717) is 17.6 Å². The lowest BCUT2D eigenvalue weighted by Gasteiger charge is -2.31. The molecular weight excluding hydrogens is 316 g/mol. The van der Waals surface area contributed by atoms with Gasteiger partial charge in [0.15, 0.2) is 0 Å². The maximum absolute atomic E-state index is 12.8. The summed E-state index contributed by atoms with van der Waals surface area (Å²) in [7, 11) is 0. The van der Waals surface area contributed by atoms with Crippen molar-refractivity contribution in [2.75, 3.05) is 12.3 Å². The molecule has 2 rings (SSSR count). The van der Waals surface area contributed by atoms with Crippen molar-refractivity contribution in [3.8, 4) is 0 Å². The van der Waals surface area contributed by atoms with Crippen LogP contribution < -0.4 is 5.73 Å². The van der Waals surface area contributed by atoms with Crippen molar-refractivity contribution in [3.63, 3.8) is 0 Å². The second kappa shape index (κ2) is 6.61. The van der Waals surface area contributed by atoms with Crippen LogP contribution in [0.5, 0.6) is 0 Å². The van der Waals surface area contributed by atoms with E-state index in [-0.39, 0.29) is 5.91 Å². The van der Waals surface area contributed by atoms with E-state index >= 15 is 0 Å². The van der Waals surface area contributed by atoms with Crippen LogP contribution in [0.2, 0.25) is 0 Å². The number of rotatable bonds is 4. The fourth-order valence-corrected chi connectivity index (χ4v) is 3.21. The van der Waals surface area contributed by atoms with E-state index in [1.807, 2.05) is 12.1 Å². The highest BCUT2D eigenvalue weighted by atomic mass is 79.9. The van der Waals surface area contributed by atoms with Crippen LogP contribution in [0.4, 0.5) is 5.69 Å². The third-order valence-electron chi connectivity index (χ3n) is 3.84. The molecule has 110 valence electrons. The molecule has 0 saturated heterocycles. The molecule has 20 heavy (non-hydrogen) atoms. The molecular formula is C16H23BrN2O. The van der Waals surface area contributed by atoms with E-state index in [0.717, 1.165) is 29.4 Å². The van der Waals surface area contributed by atoms with Crippen LogP contribution in [-0.2, 0) is 0 Å². The molecule has 0 radical (unpaired) electrons. The second-order valence-corrected chi connectivity index (χ2v) is 6.88. The normalized spacial score (nSPS) is 15.8. The second-order valence-electron chi connectivity index (χ2n) is 6.03. The van der Waals surface area contributed by atoms with Crippen LogP contribution in [-0.4, -0.2) is 23.4 Å². The average Bonchev–Trinajstić information content (AvgIpc) is 2.92. The Morgan fingerprint density at radius 3 is 2.60 bits per heavy atom. The van der Waals surface area contributed by atoms with Crippen molar-refractivity contribution < 1.29 is 4.79 Å². The van der Waals surface area contributed by atoms with Gasteiger partial charge in [0.05, 0.1) is 0 Å². The third-order valence-corrected chi connectivity index (χ3v) is 4.52. The summed E-state index contributed by atoms with van der Waals surface area (Å²) in [5, 5.41) is 0. The average molecular weight is 339 g/mol. The number of nitrogen functional groups attached to an aromatic ring is 1. The number of halogens is 1. The molecule has 0 bridgehead atoms. The van der Waals surface area contributed by atoms with Crippen LogP contribution in [0.25, 0.3) is 0 Å². The lowest BCUT2D eigenvalue weighted by molar-refractivity contribution is 0.0655. The predicted octanol–water partition coefficient (Wildman–Crippen LogP) is 4.07. The molecule has 0 unspecified atom stereocenters. The Hall–Kier alpha value is -1.03.